The number of ether oxygens (including phenoxy) is 2. The second-order valence-corrected chi connectivity index (χ2v) is 6.86. The first kappa shape index (κ1) is 15.9. The molecule has 5 rings (SSSR count). The Morgan fingerprint density at radius 3 is 2.59 bits per heavy atom. The summed E-state index contributed by atoms with van der Waals surface area (Å²) >= 11 is 0. The van der Waals surface area contributed by atoms with Crippen LogP contribution in [0, 0.1) is 6.92 Å². The van der Waals surface area contributed by atoms with Gasteiger partial charge in [-0.25, -0.2) is 4.98 Å². The van der Waals surface area contributed by atoms with Crippen molar-refractivity contribution in [1.82, 2.24) is 4.98 Å². The van der Waals surface area contributed by atoms with Crippen LogP contribution in [0.25, 0.3) is 33.3 Å². The quantitative estimate of drug-likeness (QED) is 0.458. The molecular formula is C24H19NO2. The summed E-state index contributed by atoms with van der Waals surface area (Å²) in [5.74, 6) is 1.76. The van der Waals surface area contributed by atoms with Crippen molar-refractivity contribution in [2.45, 2.75) is 13.5 Å². The molecule has 3 aromatic carbocycles. The second kappa shape index (κ2) is 6.13. The maximum Gasteiger partial charge on any atom is 0.139 e. The number of pyridine rings is 1. The van der Waals surface area contributed by atoms with E-state index in [-0.39, 0.29) is 0 Å². The topological polar surface area (TPSA) is 31.4 Å². The maximum atomic E-state index is 6.25. The lowest BCUT2D eigenvalue weighted by atomic mass is 9.91. The van der Waals surface area contributed by atoms with Crippen LogP contribution in [0.4, 0.5) is 0 Å². The molecular weight excluding hydrogens is 334 g/mol. The van der Waals surface area contributed by atoms with Crippen LogP contribution in [0.3, 0.4) is 0 Å². The molecule has 2 heterocycles. The van der Waals surface area contributed by atoms with Gasteiger partial charge >= 0.3 is 0 Å². The summed E-state index contributed by atoms with van der Waals surface area (Å²) in [4.78, 5) is 5.05. The summed E-state index contributed by atoms with van der Waals surface area (Å²) in [5, 5.41) is 1.06. The molecule has 0 saturated heterocycles. The molecule has 0 fully saturated rings. The molecule has 0 radical (unpaired) electrons. The molecule has 0 bridgehead atoms. The van der Waals surface area contributed by atoms with E-state index in [9.17, 15) is 0 Å². The van der Waals surface area contributed by atoms with Crippen LogP contribution in [0.5, 0.6) is 11.5 Å². The van der Waals surface area contributed by atoms with Gasteiger partial charge in [0.25, 0.3) is 0 Å². The molecule has 27 heavy (non-hydrogen) atoms. The van der Waals surface area contributed by atoms with Crippen molar-refractivity contribution in [2.75, 3.05) is 7.11 Å². The lowest BCUT2D eigenvalue weighted by Crippen LogP contribution is -2.08. The average Bonchev–Trinajstić information content (AvgIpc) is 2.72. The molecule has 0 atom stereocenters. The van der Waals surface area contributed by atoms with Crippen LogP contribution in [-0.4, -0.2) is 12.1 Å². The highest BCUT2D eigenvalue weighted by Crippen LogP contribution is 2.46. The van der Waals surface area contributed by atoms with Gasteiger partial charge in [-0.15, -0.1) is 0 Å². The smallest absolute Gasteiger partial charge is 0.139 e. The van der Waals surface area contributed by atoms with Crippen molar-refractivity contribution >= 4 is 10.9 Å². The van der Waals surface area contributed by atoms with E-state index in [1.807, 2.05) is 12.1 Å². The first-order chi connectivity index (χ1) is 13.2. The Bertz CT molecular complexity index is 1160. The Hall–Kier alpha value is -3.33. The second-order valence-electron chi connectivity index (χ2n) is 6.86. The highest BCUT2D eigenvalue weighted by Gasteiger charge is 2.25. The predicted molar refractivity (Wildman–Crippen MR) is 108 cm³/mol. The normalized spacial score (nSPS) is 12.2. The third-order valence-corrected chi connectivity index (χ3v) is 5.12. The van der Waals surface area contributed by atoms with Gasteiger partial charge in [0.2, 0.25) is 0 Å². The molecule has 0 spiro atoms. The van der Waals surface area contributed by atoms with Crippen molar-refractivity contribution in [2.24, 2.45) is 0 Å². The number of fused-ring (bicyclic) bond motifs is 5. The minimum absolute atomic E-state index is 0.582. The van der Waals surface area contributed by atoms with Crippen LogP contribution in [-0.2, 0) is 6.61 Å². The Morgan fingerprint density at radius 2 is 1.78 bits per heavy atom. The summed E-state index contributed by atoms with van der Waals surface area (Å²) in [5.41, 5.74) is 7.59. The Labute approximate surface area is 158 Å². The van der Waals surface area contributed by atoms with Crippen LogP contribution in [0.15, 0.2) is 66.7 Å². The lowest BCUT2D eigenvalue weighted by Gasteiger charge is -2.24. The Balaban J connectivity index is 1.86. The summed E-state index contributed by atoms with van der Waals surface area (Å²) in [6.45, 7) is 2.67. The van der Waals surface area contributed by atoms with E-state index >= 15 is 0 Å². The van der Waals surface area contributed by atoms with Gasteiger partial charge in [0.15, 0.2) is 0 Å². The van der Waals surface area contributed by atoms with Gasteiger partial charge in [-0.3, -0.25) is 0 Å². The molecule has 4 aromatic rings. The molecule has 1 aromatic heterocycles. The van der Waals surface area contributed by atoms with E-state index in [0.717, 1.165) is 39.2 Å². The molecule has 0 N–H and O–H groups in total. The van der Waals surface area contributed by atoms with Crippen molar-refractivity contribution in [3.05, 3.63) is 77.9 Å². The number of rotatable bonds is 2. The highest BCUT2D eigenvalue weighted by molar-refractivity contribution is 6.00. The van der Waals surface area contributed by atoms with E-state index in [2.05, 4.69) is 61.5 Å². The van der Waals surface area contributed by atoms with E-state index in [4.69, 9.17) is 14.5 Å². The fourth-order valence-corrected chi connectivity index (χ4v) is 3.74. The molecule has 0 saturated carbocycles. The number of aryl methyl sites for hydroxylation is 1. The molecule has 3 heteroatoms. The molecule has 132 valence electrons. The molecule has 0 amide bonds. The minimum atomic E-state index is 0.582. The lowest BCUT2D eigenvalue weighted by molar-refractivity contribution is 0.306. The first-order valence-electron chi connectivity index (χ1n) is 9.04. The van der Waals surface area contributed by atoms with E-state index in [1.54, 1.807) is 7.11 Å². The van der Waals surface area contributed by atoms with Crippen LogP contribution >= 0.6 is 0 Å². The molecule has 1 aliphatic rings. The third-order valence-electron chi connectivity index (χ3n) is 5.12. The summed E-state index contributed by atoms with van der Waals surface area (Å²) in [6.07, 6.45) is 0. The zero-order chi connectivity index (χ0) is 18.4. The van der Waals surface area contributed by atoms with E-state index in [1.165, 1.54) is 16.7 Å². The Morgan fingerprint density at radius 1 is 0.963 bits per heavy atom. The standard InChI is InChI=1S/C24H19NO2/c1-15-7-12-20-21(13-15)25-23(16-8-10-18(26-2)11-9-16)22-19-6-4-3-5-17(19)14-27-24(20)22/h3-13H,14H2,1-2H3. The number of nitrogens with zero attached hydrogens (tertiary/aromatic N) is 1. The zero-order valence-corrected chi connectivity index (χ0v) is 15.3. The largest absolute Gasteiger partial charge is 0.497 e. The number of hydrogen-bond donors (Lipinski definition) is 0. The van der Waals surface area contributed by atoms with Gasteiger partial charge in [-0.1, -0.05) is 30.3 Å². The number of hydrogen-bond acceptors (Lipinski definition) is 3. The zero-order valence-electron chi connectivity index (χ0n) is 15.3. The molecule has 1 aliphatic heterocycles. The molecule has 3 nitrogen and oxygen atoms in total. The summed E-state index contributed by atoms with van der Waals surface area (Å²) in [6, 6.07) is 22.8. The maximum absolute atomic E-state index is 6.25. The fraction of sp³-hybridized carbons (Fsp3) is 0.125. The van der Waals surface area contributed by atoms with Crippen LogP contribution < -0.4 is 9.47 Å². The highest BCUT2D eigenvalue weighted by atomic mass is 16.5. The van der Waals surface area contributed by atoms with Gasteiger partial charge in [-0.05, 0) is 60.0 Å². The number of aromatic nitrogens is 1. The predicted octanol–water partition coefficient (Wildman–Crippen LogP) is 5.78. The average molecular weight is 353 g/mol. The summed E-state index contributed by atoms with van der Waals surface area (Å²) in [7, 11) is 1.68. The molecule has 0 aliphatic carbocycles. The SMILES string of the molecule is COc1ccc(-c2nc3cc(C)ccc3c3c2-c2ccccc2CO3)cc1. The van der Waals surface area contributed by atoms with E-state index in [0.29, 0.717) is 6.61 Å². The van der Waals surface area contributed by atoms with Gasteiger partial charge in [0.05, 0.1) is 23.9 Å². The van der Waals surface area contributed by atoms with Gasteiger partial charge in [-0.2, -0.15) is 0 Å². The van der Waals surface area contributed by atoms with Gasteiger partial charge < -0.3 is 9.47 Å². The number of methoxy groups -OCH3 is 1. The van der Waals surface area contributed by atoms with Crippen molar-refractivity contribution < 1.29 is 9.47 Å². The number of benzene rings is 3. The van der Waals surface area contributed by atoms with Crippen molar-refractivity contribution in [3.63, 3.8) is 0 Å². The first-order valence-corrected chi connectivity index (χ1v) is 9.04. The van der Waals surface area contributed by atoms with Crippen molar-refractivity contribution in [3.8, 4) is 33.9 Å². The van der Waals surface area contributed by atoms with Crippen LogP contribution in [0.1, 0.15) is 11.1 Å². The van der Waals surface area contributed by atoms with Crippen LogP contribution in [0.2, 0.25) is 0 Å². The summed E-state index contributed by atoms with van der Waals surface area (Å²) < 4.78 is 11.6. The van der Waals surface area contributed by atoms with E-state index < -0.39 is 0 Å². The Kier molecular flexibility index (Phi) is 3.61. The third kappa shape index (κ3) is 2.55. The monoisotopic (exact) mass is 353 g/mol. The van der Waals surface area contributed by atoms with Gasteiger partial charge in [0.1, 0.15) is 18.1 Å². The molecule has 0 unspecified atom stereocenters. The van der Waals surface area contributed by atoms with Gasteiger partial charge in [0, 0.05) is 10.9 Å². The fourth-order valence-electron chi connectivity index (χ4n) is 3.74. The minimum Gasteiger partial charge on any atom is -0.497 e. The van der Waals surface area contributed by atoms with Crippen molar-refractivity contribution in [1.29, 1.82) is 0 Å².